The van der Waals surface area contributed by atoms with Crippen LogP contribution >= 0.6 is 0 Å². The van der Waals surface area contributed by atoms with E-state index >= 15 is 0 Å². The minimum Gasteiger partial charge on any atom is -0.465 e. The summed E-state index contributed by atoms with van der Waals surface area (Å²) in [7, 11) is 0. The summed E-state index contributed by atoms with van der Waals surface area (Å²) in [4.78, 5) is 26.2. The summed E-state index contributed by atoms with van der Waals surface area (Å²) >= 11 is 0. The van der Waals surface area contributed by atoms with Gasteiger partial charge >= 0.3 is 6.09 Å². The first-order valence-electron chi connectivity index (χ1n) is 7.56. The summed E-state index contributed by atoms with van der Waals surface area (Å²) < 4.78 is 28.1. The first-order valence-corrected chi connectivity index (χ1v) is 7.56. The van der Waals surface area contributed by atoms with E-state index in [0.717, 1.165) is 0 Å². The molecule has 1 aliphatic carbocycles. The number of nitrogens with zero attached hydrogens (tertiary/aromatic N) is 3. The van der Waals surface area contributed by atoms with Crippen LogP contribution in [0.2, 0.25) is 0 Å². The van der Waals surface area contributed by atoms with Gasteiger partial charge in [-0.05, 0) is 24.8 Å². The molecule has 0 unspecified atom stereocenters. The van der Waals surface area contributed by atoms with Crippen LogP contribution in [0, 0.1) is 5.92 Å². The van der Waals surface area contributed by atoms with Crippen LogP contribution in [-0.2, 0) is 0 Å². The number of carbonyl (C=O) groups is 2. The fourth-order valence-electron chi connectivity index (χ4n) is 3.09. The maximum absolute atomic E-state index is 13.4. The number of carboxylic acid groups (broad SMARTS) is 1. The van der Waals surface area contributed by atoms with E-state index in [-0.39, 0.29) is 31.6 Å². The van der Waals surface area contributed by atoms with Crippen LogP contribution in [0.4, 0.5) is 13.6 Å². The Morgan fingerprint density at radius 3 is 2.79 bits per heavy atom. The normalized spacial score (nSPS) is 19.1. The monoisotopic (exact) mass is 338 g/mol. The van der Waals surface area contributed by atoms with Crippen LogP contribution in [0.1, 0.15) is 47.8 Å². The second-order valence-corrected chi connectivity index (χ2v) is 6.00. The number of aldehydes is 1. The molecule has 7 nitrogen and oxygen atoms in total. The van der Waals surface area contributed by atoms with E-state index in [2.05, 4.69) is 15.4 Å². The van der Waals surface area contributed by atoms with Gasteiger partial charge in [0.05, 0.1) is 24.1 Å². The van der Waals surface area contributed by atoms with Gasteiger partial charge in [-0.3, -0.25) is 4.79 Å². The molecule has 0 bridgehead atoms. The number of hydrogen-bond acceptors (Lipinski definition) is 4. The first kappa shape index (κ1) is 16.3. The number of carbonyl (C=O) groups excluding carboxylic acids is 1. The Kier molecular flexibility index (Phi) is 4.16. The molecule has 9 heteroatoms. The third-order valence-corrected chi connectivity index (χ3v) is 4.33. The summed E-state index contributed by atoms with van der Waals surface area (Å²) in [5.74, 6) is -2.96. The largest absolute Gasteiger partial charge is 0.465 e. The predicted octanol–water partition coefficient (Wildman–Crippen LogP) is 2.68. The van der Waals surface area contributed by atoms with Gasteiger partial charge in [0.25, 0.3) is 0 Å². The van der Waals surface area contributed by atoms with Crippen molar-refractivity contribution >= 4 is 18.0 Å². The van der Waals surface area contributed by atoms with Crippen molar-refractivity contribution in [2.75, 3.05) is 0 Å². The Morgan fingerprint density at radius 2 is 2.17 bits per heavy atom. The number of amides is 1. The molecule has 2 aromatic rings. The molecule has 128 valence electrons. The maximum atomic E-state index is 13.4. The highest BCUT2D eigenvalue weighted by atomic mass is 19.3. The Morgan fingerprint density at radius 1 is 1.46 bits per heavy atom. The lowest BCUT2D eigenvalue weighted by Gasteiger charge is -2.32. The molecule has 1 amide bonds. The SMILES string of the molecule is O=Cc1cnn2cc([C@@H](NC(=O)O)C3CCC(F)(F)CC3)nc2c1. The van der Waals surface area contributed by atoms with Gasteiger partial charge in [-0.25, -0.2) is 23.1 Å². The van der Waals surface area contributed by atoms with E-state index in [1.54, 1.807) is 6.20 Å². The van der Waals surface area contributed by atoms with Gasteiger partial charge in [-0.1, -0.05) is 0 Å². The molecule has 1 saturated carbocycles. The topological polar surface area (TPSA) is 96.6 Å². The highest BCUT2D eigenvalue weighted by Gasteiger charge is 2.39. The van der Waals surface area contributed by atoms with Crippen LogP contribution in [0.25, 0.3) is 5.65 Å². The van der Waals surface area contributed by atoms with Crippen molar-refractivity contribution in [3.8, 4) is 0 Å². The Balaban J connectivity index is 1.91. The molecule has 0 aromatic carbocycles. The molecule has 3 rings (SSSR count). The number of halogens is 2. The van der Waals surface area contributed by atoms with E-state index in [9.17, 15) is 18.4 Å². The number of nitrogens with one attached hydrogen (secondary N) is 1. The molecule has 2 heterocycles. The van der Waals surface area contributed by atoms with Gasteiger partial charge in [0.15, 0.2) is 11.9 Å². The van der Waals surface area contributed by atoms with Gasteiger partial charge in [0.2, 0.25) is 5.92 Å². The first-order chi connectivity index (χ1) is 11.4. The molecule has 2 aromatic heterocycles. The lowest BCUT2D eigenvalue weighted by Crippen LogP contribution is -2.36. The predicted molar refractivity (Wildman–Crippen MR) is 79.2 cm³/mol. The molecule has 0 saturated heterocycles. The lowest BCUT2D eigenvalue weighted by atomic mass is 9.81. The van der Waals surface area contributed by atoms with Crippen LogP contribution < -0.4 is 5.32 Å². The summed E-state index contributed by atoms with van der Waals surface area (Å²) in [5.41, 5.74) is 1.15. The summed E-state index contributed by atoms with van der Waals surface area (Å²) in [6, 6.07) is 0.830. The summed E-state index contributed by atoms with van der Waals surface area (Å²) in [6.07, 6.45) is 2.20. The van der Waals surface area contributed by atoms with Crippen molar-refractivity contribution in [3.05, 3.63) is 29.7 Å². The van der Waals surface area contributed by atoms with Crippen molar-refractivity contribution in [1.29, 1.82) is 0 Å². The Labute approximate surface area is 135 Å². The highest BCUT2D eigenvalue weighted by molar-refractivity contribution is 5.75. The van der Waals surface area contributed by atoms with Gasteiger partial charge in [-0.15, -0.1) is 0 Å². The highest BCUT2D eigenvalue weighted by Crippen LogP contribution is 2.41. The molecule has 2 N–H and O–H groups in total. The second kappa shape index (κ2) is 6.14. The smallest absolute Gasteiger partial charge is 0.405 e. The minimum atomic E-state index is -2.69. The van der Waals surface area contributed by atoms with Crippen molar-refractivity contribution in [2.24, 2.45) is 5.92 Å². The van der Waals surface area contributed by atoms with Crippen molar-refractivity contribution in [3.63, 3.8) is 0 Å². The van der Waals surface area contributed by atoms with Crippen LogP contribution in [0.5, 0.6) is 0 Å². The number of fused-ring (bicyclic) bond motifs is 1. The standard InChI is InChI=1S/C15H16F2N4O3/c16-15(17)3-1-10(2-4-15)13(20-14(23)24)11-7-21-12(19-11)5-9(8-22)6-18-21/h5-8,10,13,20H,1-4H2,(H,23,24)/t13-/m0/s1. The molecule has 0 spiro atoms. The Hall–Kier alpha value is -2.58. The molecular formula is C15H16F2N4O3. The molecule has 0 radical (unpaired) electrons. The zero-order chi connectivity index (χ0) is 17.3. The minimum absolute atomic E-state index is 0.207. The number of aromatic nitrogens is 3. The van der Waals surface area contributed by atoms with Crippen LogP contribution in [0.3, 0.4) is 0 Å². The third kappa shape index (κ3) is 3.34. The summed E-state index contributed by atoms with van der Waals surface area (Å²) in [5, 5.41) is 15.5. The zero-order valence-corrected chi connectivity index (χ0v) is 12.7. The van der Waals surface area contributed by atoms with Gasteiger partial charge in [0.1, 0.15) is 0 Å². The summed E-state index contributed by atoms with van der Waals surface area (Å²) in [6.45, 7) is 0. The van der Waals surface area contributed by atoms with Gasteiger partial charge < -0.3 is 10.4 Å². The molecule has 0 aliphatic heterocycles. The number of hydrogen-bond donors (Lipinski definition) is 2. The molecule has 24 heavy (non-hydrogen) atoms. The number of alkyl halides is 2. The van der Waals surface area contributed by atoms with Crippen molar-refractivity contribution < 1.29 is 23.5 Å². The average Bonchev–Trinajstić information content (AvgIpc) is 2.95. The molecule has 1 fully saturated rings. The maximum Gasteiger partial charge on any atom is 0.405 e. The van der Waals surface area contributed by atoms with Gasteiger partial charge in [0, 0.05) is 18.4 Å². The zero-order valence-electron chi connectivity index (χ0n) is 12.7. The van der Waals surface area contributed by atoms with Gasteiger partial charge in [-0.2, -0.15) is 5.10 Å². The number of rotatable bonds is 4. The fourth-order valence-corrected chi connectivity index (χ4v) is 3.09. The quantitative estimate of drug-likeness (QED) is 0.836. The fraction of sp³-hybridized carbons (Fsp3) is 0.467. The van der Waals surface area contributed by atoms with Crippen molar-refractivity contribution in [2.45, 2.75) is 37.6 Å². The van der Waals surface area contributed by atoms with E-state index in [4.69, 9.17) is 5.11 Å². The third-order valence-electron chi connectivity index (χ3n) is 4.33. The van der Waals surface area contributed by atoms with E-state index in [0.29, 0.717) is 23.2 Å². The Bertz CT molecular complexity index is 767. The van der Waals surface area contributed by atoms with E-state index in [1.165, 1.54) is 16.8 Å². The molecular weight excluding hydrogens is 322 g/mol. The van der Waals surface area contributed by atoms with Crippen molar-refractivity contribution in [1.82, 2.24) is 19.9 Å². The second-order valence-electron chi connectivity index (χ2n) is 6.00. The lowest BCUT2D eigenvalue weighted by molar-refractivity contribution is -0.0495. The van der Waals surface area contributed by atoms with E-state index < -0.39 is 18.1 Å². The molecule has 1 aliphatic rings. The molecule has 1 atom stereocenters. The van der Waals surface area contributed by atoms with E-state index in [1.807, 2.05) is 0 Å². The average molecular weight is 338 g/mol. The van der Waals surface area contributed by atoms with Crippen LogP contribution in [0.15, 0.2) is 18.5 Å². The number of imidazole rings is 1. The van der Waals surface area contributed by atoms with Crippen LogP contribution in [-0.4, -0.2) is 38.0 Å².